The first-order valence-electron chi connectivity index (χ1n) is 8.79. The number of imide groups is 1. The first-order valence-corrected chi connectivity index (χ1v) is 9.55. The van der Waals surface area contributed by atoms with Crippen LogP contribution in [-0.4, -0.2) is 53.5 Å². The van der Waals surface area contributed by atoms with Crippen LogP contribution in [-0.2, 0) is 4.74 Å². The van der Waals surface area contributed by atoms with Gasteiger partial charge in [0.2, 0.25) is 0 Å². The lowest BCUT2D eigenvalue weighted by Gasteiger charge is -2.17. The van der Waals surface area contributed by atoms with E-state index in [9.17, 15) is 14.4 Å². The van der Waals surface area contributed by atoms with E-state index in [0.29, 0.717) is 0 Å². The van der Waals surface area contributed by atoms with Gasteiger partial charge in [0.05, 0.1) is 51.3 Å². The van der Waals surface area contributed by atoms with Crippen LogP contribution in [0.25, 0.3) is 0 Å². The zero-order valence-electron chi connectivity index (χ0n) is 17.8. The number of nitrogens with one attached hydrogen (secondary N) is 2. The summed E-state index contributed by atoms with van der Waals surface area (Å²) in [5, 5.41) is 4.64. The van der Waals surface area contributed by atoms with Gasteiger partial charge in [-0.25, -0.2) is 9.59 Å². The van der Waals surface area contributed by atoms with Gasteiger partial charge in [0.25, 0.3) is 5.91 Å². The van der Waals surface area contributed by atoms with E-state index in [2.05, 4.69) is 10.6 Å². The number of rotatable bonds is 7. The highest BCUT2D eigenvalue weighted by atomic mass is 35.5. The van der Waals surface area contributed by atoms with Crippen LogP contribution < -0.4 is 29.6 Å². The fraction of sp³-hybridized carbons (Fsp3) is 0.250. The third kappa shape index (κ3) is 4.92. The average Bonchev–Trinajstić information content (AvgIpc) is 2.77. The molecule has 10 nitrogen and oxygen atoms in total. The molecule has 0 atom stereocenters. The summed E-state index contributed by atoms with van der Waals surface area (Å²) in [6.45, 7) is 0. The second-order valence-corrected chi connectivity index (χ2v) is 6.72. The zero-order valence-corrected chi connectivity index (χ0v) is 19.3. The van der Waals surface area contributed by atoms with Crippen LogP contribution in [0.3, 0.4) is 0 Å². The average molecular weight is 487 g/mol. The molecule has 0 saturated carbocycles. The van der Waals surface area contributed by atoms with Crippen molar-refractivity contribution in [1.82, 2.24) is 5.32 Å². The van der Waals surface area contributed by atoms with E-state index >= 15 is 0 Å². The summed E-state index contributed by atoms with van der Waals surface area (Å²) in [5.41, 5.74) is -0.159. The Morgan fingerprint density at radius 2 is 1.34 bits per heavy atom. The highest BCUT2D eigenvalue weighted by molar-refractivity contribution is 6.37. The third-order valence-electron chi connectivity index (χ3n) is 4.18. The van der Waals surface area contributed by atoms with Crippen LogP contribution in [0.2, 0.25) is 10.0 Å². The van der Waals surface area contributed by atoms with Crippen LogP contribution in [0.5, 0.6) is 23.0 Å². The second-order valence-electron chi connectivity index (χ2n) is 5.91. The highest BCUT2D eigenvalue weighted by Gasteiger charge is 2.27. The third-order valence-corrected chi connectivity index (χ3v) is 4.75. The van der Waals surface area contributed by atoms with Crippen molar-refractivity contribution >= 4 is 46.8 Å². The van der Waals surface area contributed by atoms with Crippen molar-refractivity contribution in [3.8, 4) is 23.0 Å². The summed E-state index contributed by atoms with van der Waals surface area (Å²) >= 11 is 12.2. The number of methoxy groups -OCH3 is 5. The molecule has 12 heteroatoms. The van der Waals surface area contributed by atoms with E-state index in [0.717, 1.165) is 0 Å². The fourth-order valence-corrected chi connectivity index (χ4v) is 3.47. The number of hydrogen-bond acceptors (Lipinski definition) is 8. The largest absolute Gasteiger partial charge is 0.496 e. The van der Waals surface area contributed by atoms with Crippen LogP contribution >= 0.6 is 23.2 Å². The first-order chi connectivity index (χ1) is 15.2. The molecule has 0 bridgehead atoms. The maximum Gasteiger partial charge on any atom is 0.345 e. The lowest BCUT2D eigenvalue weighted by atomic mass is 10.1. The summed E-state index contributed by atoms with van der Waals surface area (Å²) in [4.78, 5) is 37.5. The van der Waals surface area contributed by atoms with E-state index in [-0.39, 0.29) is 49.9 Å². The number of ether oxygens (including phenoxy) is 5. The summed E-state index contributed by atoms with van der Waals surface area (Å²) in [7, 11) is 6.42. The summed E-state index contributed by atoms with van der Waals surface area (Å²) in [6.07, 6.45) is 0. The number of benzene rings is 2. The molecule has 2 N–H and O–H groups in total. The molecule has 0 aliphatic carbocycles. The smallest absolute Gasteiger partial charge is 0.345 e. The van der Waals surface area contributed by atoms with E-state index in [1.54, 1.807) is 0 Å². The number of carbonyl (C=O) groups excluding carboxylic acids is 3. The monoisotopic (exact) mass is 486 g/mol. The molecule has 3 amide bonds. The Morgan fingerprint density at radius 3 is 1.81 bits per heavy atom. The summed E-state index contributed by atoms with van der Waals surface area (Å²) < 4.78 is 25.5. The van der Waals surface area contributed by atoms with Gasteiger partial charge in [-0.2, -0.15) is 0 Å². The van der Waals surface area contributed by atoms with Crippen LogP contribution in [0, 0.1) is 0 Å². The van der Waals surface area contributed by atoms with Crippen molar-refractivity contribution < 1.29 is 38.1 Å². The van der Waals surface area contributed by atoms with Crippen molar-refractivity contribution in [2.75, 3.05) is 40.9 Å². The second kappa shape index (κ2) is 10.8. The molecular weight excluding hydrogens is 467 g/mol. The Kier molecular flexibility index (Phi) is 8.39. The van der Waals surface area contributed by atoms with Gasteiger partial charge in [0.1, 0.15) is 16.9 Å². The molecule has 0 aliphatic rings. The number of anilines is 1. The molecule has 0 heterocycles. The van der Waals surface area contributed by atoms with Gasteiger partial charge in [0, 0.05) is 0 Å². The van der Waals surface area contributed by atoms with Crippen molar-refractivity contribution in [2.45, 2.75) is 0 Å². The molecule has 0 aliphatic heterocycles. The van der Waals surface area contributed by atoms with Crippen molar-refractivity contribution in [3.05, 3.63) is 39.4 Å². The van der Waals surface area contributed by atoms with E-state index in [1.807, 2.05) is 0 Å². The number of amides is 3. The predicted octanol–water partition coefficient (Wildman–Crippen LogP) is 3.78. The Morgan fingerprint density at radius 1 is 0.781 bits per heavy atom. The number of carbonyl (C=O) groups is 3. The molecule has 172 valence electrons. The Hall–Kier alpha value is -3.37. The van der Waals surface area contributed by atoms with E-state index < -0.39 is 17.9 Å². The zero-order chi connectivity index (χ0) is 24.0. The molecule has 0 unspecified atom stereocenters. The maximum absolute atomic E-state index is 12.8. The molecule has 0 saturated heterocycles. The minimum Gasteiger partial charge on any atom is -0.496 e. The Labute approximate surface area is 193 Å². The van der Waals surface area contributed by atoms with Crippen LogP contribution in [0.4, 0.5) is 10.5 Å². The normalized spacial score (nSPS) is 10.1. The van der Waals surface area contributed by atoms with Crippen LogP contribution in [0.15, 0.2) is 18.2 Å². The van der Waals surface area contributed by atoms with Gasteiger partial charge in [0.15, 0.2) is 17.2 Å². The fourth-order valence-electron chi connectivity index (χ4n) is 2.85. The summed E-state index contributed by atoms with van der Waals surface area (Å²) in [6, 6.07) is 3.24. The van der Waals surface area contributed by atoms with Gasteiger partial charge >= 0.3 is 12.0 Å². The molecule has 32 heavy (non-hydrogen) atoms. The standard InChI is InChI=1S/C20H20Cl2N2O8/c1-28-12-7-6-11(17(31-4)13(12)19(26)32-5)23-20(27)24-18(25)14-15(29-2)9(21)8-10(22)16(14)30-3/h6-8H,1-5H3,(H2,23,24,25,27). The highest BCUT2D eigenvalue weighted by Crippen LogP contribution is 2.41. The van der Waals surface area contributed by atoms with Crippen molar-refractivity contribution in [2.24, 2.45) is 0 Å². The number of esters is 1. The minimum atomic E-state index is -0.950. The van der Waals surface area contributed by atoms with Gasteiger partial charge in [-0.05, 0) is 18.2 Å². The topological polar surface area (TPSA) is 121 Å². The maximum atomic E-state index is 12.8. The lowest BCUT2D eigenvalue weighted by Crippen LogP contribution is -2.35. The number of hydrogen-bond donors (Lipinski definition) is 2. The quantitative estimate of drug-likeness (QED) is 0.567. The number of halogens is 2. The van der Waals surface area contributed by atoms with Gasteiger partial charge in [-0.3, -0.25) is 10.1 Å². The van der Waals surface area contributed by atoms with Crippen molar-refractivity contribution in [3.63, 3.8) is 0 Å². The van der Waals surface area contributed by atoms with E-state index in [4.69, 9.17) is 46.9 Å². The van der Waals surface area contributed by atoms with E-state index in [1.165, 1.54) is 53.7 Å². The lowest BCUT2D eigenvalue weighted by molar-refractivity contribution is 0.0593. The van der Waals surface area contributed by atoms with Crippen LogP contribution in [0.1, 0.15) is 20.7 Å². The Bertz CT molecular complexity index is 1030. The SMILES string of the molecule is COC(=O)c1c(OC)ccc(NC(=O)NC(=O)c2c(OC)c(Cl)cc(Cl)c2OC)c1OC. The minimum absolute atomic E-state index is 0.0280. The molecule has 0 spiro atoms. The van der Waals surface area contributed by atoms with Crippen molar-refractivity contribution in [1.29, 1.82) is 0 Å². The molecule has 0 fully saturated rings. The molecule has 0 radical (unpaired) electrons. The van der Waals surface area contributed by atoms with Gasteiger partial charge < -0.3 is 29.0 Å². The molecule has 2 aromatic rings. The molecular formula is C20H20Cl2N2O8. The molecule has 2 aromatic carbocycles. The predicted molar refractivity (Wildman–Crippen MR) is 117 cm³/mol. The number of urea groups is 1. The summed E-state index contributed by atoms with van der Waals surface area (Å²) in [5.74, 6) is -1.58. The van der Waals surface area contributed by atoms with Gasteiger partial charge in [-0.1, -0.05) is 23.2 Å². The molecule has 2 rings (SSSR count). The Balaban J connectivity index is 2.39. The first kappa shape index (κ1) is 24.9. The van der Waals surface area contributed by atoms with Gasteiger partial charge in [-0.15, -0.1) is 0 Å². The molecule has 0 aromatic heterocycles.